The number of quaternary nitrogens is 1. The van der Waals surface area contributed by atoms with Gasteiger partial charge in [0.05, 0.1) is 40.3 Å². The van der Waals surface area contributed by atoms with Crippen molar-refractivity contribution in [3.05, 3.63) is 24.3 Å². The van der Waals surface area contributed by atoms with Gasteiger partial charge in [-0.1, -0.05) is 224 Å². The molecule has 0 aliphatic heterocycles. The molecule has 9 heteroatoms. The van der Waals surface area contributed by atoms with Crippen molar-refractivity contribution in [1.29, 1.82) is 0 Å². The molecule has 0 aliphatic carbocycles. The van der Waals surface area contributed by atoms with Gasteiger partial charge in [-0.2, -0.15) is 0 Å². The molecule has 0 saturated carbocycles. The molecule has 382 valence electrons. The molecule has 0 aliphatic rings. The molecule has 0 aromatic rings. The maximum atomic E-state index is 12.8. The van der Waals surface area contributed by atoms with Gasteiger partial charge in [0.15, 0.2) is 12.4 Å². The maximum Gasteiger partial charge on any atom is 0.306 e. The summed E-state index contributed by atoms with van der Waals surface area (Å²) >= 11 is 0. The molecule has 0 rings (SSSR count). The van der Waals surface area contributed by atoms with E-state index in [9.17, 15) is 19.5 Å². The third-order valence-electron chi connectivity index (χ3n) is 12.2. The number of ether oxygens (including phenoxy) is 4. The summed E-state index contributed by atoms with van der Waals surface area (Å²) in [4.78, 5) is 37.2. The third-order valence-corrected chi connectivity index (χ3v) is 12.2. The van der Waals surface area contributed by atoms with Crippen LogP contribution in [0.2, 0.25) is 0 Å². The molecule has 65 heavy (non-hydrogen) atoms. The molecule has 0 saturated heterocycles. The summed E-state index contributed by atoms with van der Waals surface area (Å²) in [6, 6.07) is 0. The fourth-order valence-electron chi connectivity index (χ4n) is 7.92. The molecular formula is C56H105NO8. The van der Waals surface area contributed by atoms with E-state index < -0.39 is 24.3 Å². The SMILES string of the molecule is CCCCCCC/C=C\C/C=C\CCCCCCCCCCCCCC(=O)OC(COC(=O)CCCCCCCCCCCCCCCCCCC)COC(OCC[N+](C)(C)C)C(=O)[O-]. The first-order chi connectivity index (χ1) is 31.6. The van der Waals surface area contributed by atoms with Crippen LogP contribution in [-0.2, 0) is 33.3 Å². The van der Waals surface area contributed by atoms with Crippen molar-refractivity contribution in [2.45, 2.75) is 270 Å². The molecule has 9 nitrogen and oxygen atoms in total. The Morgan fingerprint density at radius 1 is 0.462 bits per heavy atom. The summed E-state index contributed by atoms with van der Waals surface area (Å²) in [5.41, 5.74) is 0. The van der Waals surface area contributed by atoms with Crippen LogP contribution in [0.3, 0.4) is 0 Å². The fourth-order valence-corrected chi connectivity index (χ4v) is 7.92. The molecule has 0 spiro atoms. The molecule has 0 aromatic heterocycles. The van der Waals surface area contributed by atoms with Crippen molar-refractivity contribution in [2.75, 3.05) is 47.5 Å². The Hall–Kier alpha value is -2.23. The number of allylic oxidation sites excluding steroid dienone is 4. The molecule has 0 amide bonds. The molecule has 0 fully saturated rings. The predicted molar refractivity (Wildman–Crippen MR) is 270 cm³/mol. The average molecular weight is 920 g/mol. The Bertz CT molecular complexity index is 1120. The van der Waals surface area contributed by atoms with Gasteiger partial charge in [0, 0.05) is 12.8 Å². The van der Waals surface area contributed by atoms with E-state index in [1.54, 1.807) is 0 Å². The van der Waals surface area contributed by atoms with Crippen LogP contribution < -0.4 is 5.11 Å². The van der Waals surface area contributed by atoms with E-state index in [4.69, 9.17) is 18.9 Å². The normalized spacial score (nSPS) is 12.9. The molecule has 2 unspecified atom stereocenters. The number of hydrogen-bond donors (Lipinski definition) is 0. The van der Waals surface area contributed by atoms with E-state index in [0.29, 0.717) is 23.9 Å². The highest BCUT2D eigenvalue weighted by Gasteiger charge is 2.22. The number of carbonyl (C=O) groups excluding carboxylic acids is 3. The highest BCUT2D eigenvalue weighted by molar-refractivity contribution is 5.70. The minimum absolute atomic E-state index is 0.150. The second-order valence-electron chi connectivity index (χ2n) is 19.9. The standard InChI is InChI=1S/C56H105NO8/c1-6-8-10-12-14-16-18-20-22-24-25-26-27-28-29-31-33-35-37-39-41-43-45-47-54(59)65-52(51-64-56(55(60)61)62-49-48-57(3,4)5)50-63-53(58)46-44-42-40-38-36-34-32-30-23-21-19-17-15-13-11-9-7-2/h18,20,24-25,52,56H,6-17,19,21-23,26-51H2,1-5H3/b20-18-,25-24-. The minimum atomic E-state index is -1.62. The van der Waals surface area contributed by atoms with Gasteiger partial charge in [-0.15, -0.1) is 0 Å². The number of esters is 2. The van der Waals surface area contributed by atoms with Crippen LogP contribution in [0.5, 0.6) is 0 Å². The Morgan fingerprint density at radius 3 is 1.22 bits per heavy atom. The number of carbonyl (C=O) groups is 3. The Balaban J connectivity index is 4.26. The number of hydrogen-bond acceptors (Lipinski definition) is 8. The van der Waals surface area contributed by atoms with Crippen LogP contribution >= 0.6 is 0 Å². The molecule has 0 N–H and O–H groups in total. The van der Waals surface area contributed by atoms with Crippen molar-refractivity contribution < 1.29 is 42.9 Å². The number of nitrogens with zero attached hydrogens (tertiary/aromatic N) is 1. The Morgan fingerprint density at radius 2 is 0.831 bits per heavy atom. The predicted octanol–water partition coefficient (Wildman–Crippen LogP) is 14.2. The minimum Gasteiger partial charge on any atom is -0.545 e. The van der Waals surface area contributed by atoms with E-state index in [0.717, 1.165) is 44.9 Å². The number of unbranched alkanes of at least 4 members (excludes halogenated alkanes) is 32. The van der Waals surface area contributed by atoms with Crippen LogP contribution in [0.15, 0.2) is 24.3 Å². The molecule has 0 bridgehead atoms. The Kier molecular flexibility index (Phi) is 46.6. The number of rotatable bonds is 51. The van der Waals surface area contributed by atoms with Gasteiger partial charge in [-0.25, -0.2) is 0 Å². The number of aliphatic carboxylic acids is 1. The largest absolute Gasteiger partial charge is 0.545 e. The van der Waals surface area contributed by atoms with Crippen LogP contribution in [0.4, 0.5) is 0 Å². The number of carboxylic acids is 1. The molecule has 2 atom stereocenters. The van der Waals surface area contributed by atoms with Gasteiger partial charge in [0.2, 0.25) is 0 Å². The summed E-state index contributed by atoms with van der Waals surface area (Å²) in [6.07, 6.45) is 52.1. The smallest absolute Gasteiger partial charge is 0.306 e. The molecule has 0 radical (unpaired) electrons. The topological polar surface area (TPSA) is 111 Å². The lowest BCUT2D eigenvalue weighted by molar-refractivity contribution is -0.870. The fraction of sp³-hybridized carbons (Fsp3) is 0.875. The lowest BCUT2D eigenvalue weighted by atomic mass is 10.0. The molecule has 0 heterocycles. The summed E-state index contributed by atoms with van der Waals surface area (Å²) in [6.45, 7) is 4.77. The summed E-state index contributed by atoms with van der Waals surface area (Å²) < 4.78 is 22.7. The van der Waals surface area contributed by atoms with Crippen LogP contribution in [-0.4, -0.2) is 82.3 Å². The van der Waals surface area contributed by atoms with Crippen molar-refractivity contribution in [2.24, 2.45) is 0 Å². The second kappa shape index (κ2) is 48.2. The highest BCUT2D eigenvalue weighted by Crippen LogP contribution is 2.16. The Labute approximate surface area is 401 Å². The van der Waals surface area contributed by atoms with E-state index in [2.05, 4.69) is 38.2 Å². The first-order valence-corrected chi connectivity index (χ1v) is 27.5. The zero-order chi connectivity index (χ0) is 47.7. The maximum absolute atomic E-state index is 12.8. The number of likely N-dealkylation sites (N-methyl/N-ethyl adjacent to an activating group) is 1. The second-order valence-corrected chi connectivity index (χ2v) is 19.9. The summed E-state index contributed by atoms with van der Waals surface area (Å²) in [7, 11) is 5.92. The zero-order valence-electron chi connectivity index (χ0n) is 43.4. The van der Waals surface area contributed by atoms with Crippen LogP contribution in [0.25, 0.3) is 0 Å². The van der Waals surface area contributed by atoms with Crippen molar-refractivity contribution in [3.8, 4) is 0 Å². The van der Waals surface area contributed by atoms with Gasteiger partial charge in [0.1, 0.15) is 13.2 Å². The van der Waals surface area contributed by atoms with Gasteiger partial charge < -0.3 is 33.3 Å². The first kappa shape index (κ1) is 62.8. The summed E-state index contributed by atoms with van der Waals surface area (Å²) in [5.74, 6) is -2.27. The highest BCUT2D eigenvalue weighted by atomic mass is 16.7. The zero-order valence-corrected chi connectivity index (χ0v) is 43.4. The van der Waals surface area contributed by atoms with Gasteiger partial charge >= 0.3 is 11.9 Å². The van der Waals surface area contributed by atoms with Crippen molar-refractivity contribution >= 4 is 17.9 Å². The van der Waals surface area contributed by atoms with Crippen LogP contribution in [0.1, 0.15) is 258 Å². The van der Waals surface area contributed by atoms with E-state index >= 15 is 0 Å². The molecular weight excluding hydrogens is 815 g/mol. The van der Waals surface area contributed by atoms with E-state index in [-0.39, 0.29) is 32.2 Å². The van der Waals surface area contributed by atoms with Gasteiger partial charge in [0.25, 0.3) is 0 Å². The quantitative estimate of drug-likeness (QED) is 0.0195. The van der Waals surface area contributed by atoms with Gasteiger partial charge in [-0.3, -0.25) is 9.59 Å². The first-order valence-electron chi connectivity index (χ1n) is 27.5. The lowest BCUT2D eigenvalue weighted by Gasteiger charge is -2.26. The van der Waals surface area contributed by atoms with Gasteiger partial charge in [-0.05, 0) is 44.9 Å². The monoisotopic (exact) mass is 920 g/mol. The summed E-state index contributed by atoms with van der Waals surface area (Å²) in [5, 5.41) is 11.7. The third kappa shape index (κ3) is 49.5. The van der Waals surface area contributed by atoms with Crippen LogP contribution in [0, 0.1) is 0 Å². The number of carboxylic acid groups (broad SMARTS) is 1. The lowest BCUT2D eigenvalue weighted by Crippen LogP contribution is -2.44. The van der Waals surface area contributed by atoms with Crippen molar-refractivity contribution in [1.82, 2.24) is 0 Å². The van der Waals surface area contributed by atoms with Crippen molar-refractivity contribution in [3.63, 3.8) is 0 Å². The molecule has 0 aromatic carbocycles. The average Bonchev–Trinajstić information content (AvgIpc) is 3.27. The van der Waals surface area contributed by atoms with E-state index in [1.165, 1.54) is 180 Å². The van der Waals surface area contributed by atoms with E-state index in [1.807, 2.05) is 21.1 Å².